The predicted molar refractivity (Wildman–Crippen MR) is 81.1 cm³/mol. The van der Waals surface area contributed by atoms with Gasteiger partial charge in [0, 0.05) is 5.69 Å². The van der Waals surface area contributed by atoms with Crippen LogP contribution in [0.15, 0.2) is 46.8 Å². The van der Waals surface area contributed by atoms with E-state index in [2.05, 4.69) is 20.9 Å². The summed E-state index contributed by atoms with van der Waals surface area (Å²) < 4.78 is 0. The summed E-state index contributed by atoms with van der Waals surface area (Å²) in [7, 11) is 0. The molecule has 1 aromatic rings. The van der Waals surface area contributed by atoms with Crippen LogP contribution in [0.3, 0.4) is 0 Å². The van der Waals surface area contributed by atoms with Gasteiger partial charge >= 0.3 is 0 Å². The molecule has 7 heteroatoms. The molecule has 2 heterocycles. The Labute approximate surface area is 120 Å². The lowest BCUT2D eigenvalue weighted by Gasteiger charge is -2.30. The van der Waals surface area contributed by atoms with E-state index < -0.39 is 6.29 Å². The summed E-state index contributed by atoms with van der Waals surface area (Å²) in [6.45, 7) is 0. The molecule has 6 nitrogen and oxygen atoms in total. The van der Waals surface area contributed by atoms with E-state index in [0.29, 0.717) is 0 Å². The molecule has 0 bridgehead atoms. The Morgan fingerprint density at radius 1 is 1.35 bits per heavy atom. The highest BCUT2D eigenvalue weighted by molar-refractivity contribution is 8.03. The number of para-hydroxylation sites is 1. The van der Waals surface area contributed by atoms with Gasteiger partial charge in [-0.1, -0.05) is 24.3 Å². The number of nitrogens with one attached hydrogen (secondary N) is 3. The Morgan fingerprint density at radius 2 is 2.15 bits per heavy atom. The lowest BCUT2D eigenvalue weighted by atomic mass is 10.1. The SMILES string of the molecule is N/C(=N\C1NC(=O)C2SC=CC2N1)Nc1ccccc1. The van der Waals surface area contributed by atoms with Crippen LogP contribution in [0.4, 0.5) is 5.69 Å². The second-order valence-electron chi connectivity index (χ2n) is 4.49. The molecule has 5 N–H and O–H groups in total. The third-order valence-electron chi connectivity index (χ3n) is 3.04. The van der Waals surface area contributed by atoms with Crippen LogP contribution in [-0.4, -0.2) is 29.4 Å². The van der Waals surface area contributed by atoms with Crippen molar-refractivity contribution in [2.75, 3.05) is 5.32 Å². The number of carbonyl (C=O) groups is 1. The van der Waals surface area contributed by atoms with Crippen molar-refractivity contribution < 1.29 is 4.79 Å². The molecular weight excluding hydrogens is 274 g/mol. The van der Waals surface area contributed by atoms with Crippen molar-refractivity contribution in [1.82, 2.24) is 10.6 Å². The van der Waals surface area contributed by atoms with E-state index in [1.807, 2.05) is 41.8 Å². The number of rotatable bonds is 2. The maximum Gasteiger partial charge on any atom is 0.238 e. The van der Waals surface area contributed by atoms with Crippen molar-refractivity contribution in [3.05, 3.63) is 41.8 Å². The van der Waals surface area contributed by atoms with Gasteiger partial charge in [0.25, 0.3) is 0 Å². The first kappa shape index (κ1) is 13.0. The van der Waals surface area contributed by atoms with Gasteiger partial charge in [0.2, 0.25) is 5.91 Å². The summed E-state index contributed by atoms with van der Waals surface area (Å²) in [6, 6.07) is 9.52. The van der Waals surface area contributed by atoms with Gasteiger partial charge in [0.05, 0.1) is 6.04 Å². The number of anilines is 1. The first-order valence-electron chi connectivity index (χ1n) is 6.26. The Bertz CT molecular complexity index is 559. The fraction of sp³-hybridized carbons (Fsp3) is 0.231. The average Bonchev–Trinajstić information content (AvgIpc) is 2.88. The smallest absolute Gasteiger partial charge is 0.238 e. The highest BCUT2D eigenvalue weighted by atomic mass is 32.2. The molecule has 0 aliphatic carbocycles. The van der Waals surface area contributed by atoms with Gasteiger partial charge in [-0.05, 0) is 17.5 Å². The van der Waals surface area contributed by atoms with Crippen LogP contribution in [0.5, 0.6) is 0 Å². The number of amides is 1. The van der Waals surface area contributed by atoms with E-state index in [4.69, 9.17) is 5.73 Å². The molecule has 0 spiro atoms. The second kappa shape index (κ2) is 5.56. The van der Waals surface area contributed by atoms with Gasteiger partial charge in [-0.25, -0.2) is 4.99 Å². The molecule has 1 fully saturated rings. The van der Waals surface area contributed by atoms with Crippen molar-refractivity contribution in [3.63, 3.8) is 0 Å². The fourth-order valence-corrected chi connectivity index (χ4v) is 3.08. The molecular formula is C13H15N5OS. The number of hydrogen-bond acceptors (Lipinski definition) is 4. The number of benzene rings is 1. The van der Waals surface area contributed by atoms with Crippen LogP contribution < -0.4 is 21.7 Å². The van der Waals surface area contributed by atoms with E-state index >= 15 is 0 Å². The van der Waals surface area contributed by atoms with E-state index in [9.17, 15) is 4.79 Å². The topological polar surface area (TPSA) is 91.5 Å². The summed E-state index contributed by atoms with van der Waals surface area (Å²) in [4.78, 5) is 16.1. The highest BCUT2D eigenvalue weighted by Gasteiger charge is 2.37. The van der Waals surface area contributed by atoms with E-state index in [0.717, 1.165) is 5.69 Å². The quantitative estimate of drug-likeness (QED) is 0.468. The van der Waals surface area contributed by atoms with Crippen molar-refractivity contribution in [2.45, 2.75) is 17.6 Å². The molecule has 1 saturated heterocycles. The normalized spacial score (nSPS) is 28.9. The maximum atomic E-state index is 11.9. The number of carbonyl (C=O) groups excluding carboxylic acids is 1. The minimum Gasteiger partial charge on any atom is -0.370 e. The van der Waals surface area contributed by atoms with Gasteiger partial charge in [-0.2, -0.15) is 0 Å². The summed E-state index contributed by atoms with van der Waals surface area (Å²) in [5, 5.41) is 10.8. The van der Waals surface area contributed by atoms with Gasteiger partial charge < -0.3 is 16.4 Å². The number of hydrogen-bond donors (Lipinski definition) is 4. The molecule has 1 aromatic carbocycles. The average molecular weight is 289 g/mol. The lowest BCUT2D eigenvalue weighted by molar-refractivity contribution is -0.123. The third kappa shape index (κ3) is 2.78. The Hall–Kier alpha value is -1.99. The fourth-order valence-electron chi connectivity index (χ4n) is 2.12. The number of nitrogens with zero attached hydrogens (tertiary/aromatic N) is 1. The van der Waals surface area contributed by atoms with Gasteiger partial charge in [0.1, 0.15) is 5.25 Å². The second-order valence-corrected chi connectivity index (χ2v) is 5.55. The molecule has 0 aromatic heterocycles. The summed E-state index contributed by atoms with van der Waals surface area (Å²) in [6.07, 6.45) is 1.46. The molecule has 3 unspecified atom stereocenters. The summed E-state index contributed by atoms with van der Waals surface area (Å²) in [5.74, 6) is 0.229. The zero-order chi connectivity index (χ0) is 13.9. The largest absolute Gasteiger partial charge is 0.370 e. The summed E-state index contributed by atoms with van der Waals surface area (Å²) >= 11 is 1.51. The van der Waals surface area contributed by atoms with E-state index in [-0.39, 0.29) is 23.2 Å². The number of guanidine groups is 1. The van der Waals surface area contributed by atoms with Crippen molar-refractivity contribution in [2.24, 2.45) is 10.7 Å². The minimum atomic E-state index is -0.511. The van der Waals surface area contributed by atoms with E-state index in [1.54, 1.807) is 0 Å². The maximum absolute atomic E-state index is 11.9. The number of aliphatic imine (C=N–C) groups is 1. The van der Waals surface area contributed by atoms with Crippen LogP contribution in [0, 0.1) is 0 Å². The monoisotopic (exact) mass is 289 g/mol. The van der Waals surface area contributed by atoms with Crippen molar-refractivity contribution in [1.29, 1.82) is 0 Å². The molecule has 104 valence electrons. The number of thioether (sulfide) groups is 1. The third-order valence-corrected chi connectivity index (χ3v) is 4.15. The standard InChI is InChI=1S/C13H15N5OS/c14-12(15-8-4-2-1-3-5-8)18-13-16-9-6-7-20-10(9)11(19)17-13/h1-7,9-10,13,16H,(H,17,19)(H3,14,15,18). The van der Waals surface area contributed by atoms with Gasteiger partial charge in [0.15, 0.2) is 12.2 Å². The molecule has 3 rings (SSSR count). The Balaban J connectivity index is 1.66. The molecule has 0 radical (unpaired) electrons. The summed E-state index contributed by atoms with van der Waals surface area (Å²) in [5.41, 5.74) is 6.70. The van der Waals surface area contributed by atoms with Crippen LogP contribution >= 0.6 is 11.8 Å². The van der Waals surface area contributed by atoms with Crippen molar-refractivity contribution >= 4 is 29.3 Å². The molecule has 20 heavy (non-hydrogen) atoms. The van der Waals surface area contributed by atoms with Crippen LogP contribution in [-0.2, 0) is 4.79 Å². The predicted octanol–water partition coefficient (Wildman–Crippen LogP) is 0.414. The molecule has 2 aliphatic heterocycles. The molecule has 1 amide bonds. The Morgan fingerprint density at radius 3 is 2.95 bits per heavy atom. The first-order chi connectivity index (χ1) is 9.72. The molecule has 2 aliphatic rings. The number of fused-ring (bicyclic) bond motifs is 1. The van der Waals surface area contributed by atoms with E-state index in [1.165, 1.54) is 11.8 Å². The van der Waals surface area contributed by atoms with Crippen molar-refractivity contribution in [3.8, 4) is 0 Å². The van der Waals surface area contributed by atoms with Crippen LogP contribution in [0.2, 0.25) is 0 Å². The first-order valence-corrected chi connectivity index (χ1v) is 7.20. The van der Waals surface area contributed by atoms with Gasteiger partial charge in [-0.15, -0.1) is 11.8 Å². The zero-order valence-corrected chi connectivity index (χ0v) is 11.4. The minimum absolute atomic E-state index is 0.00650. The highest BCUT2D eigenvalue weighted by Crippen LogP contribution is 2.27. The van der Waals surface area contributed by atoms with Crippen LogP contribution in [0.25, 0.3) is 0 Å². The zero-order valence-electron chi connectivity index (χ0n) is 10.6. The Kier molecular flexibility index (Phi) is 3.62. The number of nitrogens with two attached hydrogens (primary N) is 1. The molecule has 0 saturated carbocycles. The molecule has 3 atom stereocenters. The van der Waals surface area contributed by atoms with Crippen LogP contribution in [0.1, 0.15) is 0 Å². The lowest BCUT2D eigenvalue weighted by Crippen LogP contribution is -2.61. The van der Waals surface area contributed by atoms with Gasteiger partial charge in [-0.3, -0.25) is 10.1 Å².